The first-order valence-electron chi connectivity index (χ1n) is 5.12. The number of aliphatic hydroxyl groups is 1. The van der Waals surface area contributed by atoms with E-state index in [-0.39, 0.29) is 11.7 Å². The first kappa shape index (κ1) is 13.9. The average molecular weight is 200 g/mol. The van der Waals surface area contributed by atoms with Gasteiger partial charge in [0.1, 0.15) is 0 Å². The maximum atomic E-state index is 9.73. The fourth-order valence-corrected chi connectivity index (χ4v) is 1.24. The normalized spacial score (nSPS) is 17.7. The van der Waals surface area contributed by atoms with Crippen LogP contribution in [0.2, 0.25) is 5.82 Å². The van der Waals surface area contributed by atoms with Crippen molar-refractivity contribution in [2.75, 3.05) is 26.9 Å². The van der Waals surface area contributed by atoms with Crippen molar-refractivity contribution >= 4 is 7.85 Å². The van der Waals surface area contributed by atoms with Crippen LogP contribution in [0.4, 0.5) is 0 Å². The largest absolute Gasteiger partial charge is 0.393 e. The zero-order valence-electron chi connectivity index (χ0n) is 9.40. The smallest absolute Gasteiger partial charge is 0.0732 e. The maximum absolute atomic E-state index is 9.73. The van der Waals surface area contributed by atoms with E-state index in [9.17, 15) is 5.11 Å². The summed E-state index contributed by atoms with van der Waals surface area (Å²) in [5, 5.41) is 9.73. The van der Waals surface area contributed by atoms with Crippen molar-refractivity contribution < 1.29 is 14.6 Å². The van der Waals surface area contributed by atoms with Crippen LogP contribution in [0.3, 0.4) is 0 Å². The molecule has 0 aliphatic rings. The van der Waals surface area contributed by atoms with Gasteiger partial charge in [0.15, 0.2) is 0 Å². The van der Waals surface area contributed by atoms with Crippen molar-refractivity contribution in [1.82, 2.24) is 0 Å². The summed E-state index contributed by atoms with van der Waals surface area (Å²) in [6.45, 7) is 5.65. The molecule has 0 aromatic carbocycles. The van der Waals surface area contributed by atoms with Crippen molar-refractivity contribution in [2.45, 2.75) is 32.2 Å². The molecule has 0 aromatic heterocycles. The molecule has 0 aliphatic carbocycles. The molecular weight excluding hydrogens is 179 g/mol. The molecule has 0 amide bonds. The highest BCUT2D eigenvalue weighted by atomic mass is 16.5. The van der Waals surface area contributed by atoms with Crippen LogP contribution in [0.1, 0.15) is 20.3 Å². The van der Waals surface area contributed by atoms with Crippen molar-refractivity contribution in [2.24, 2.45) is 5.92 Å². The minimum Gasteiger partial charge on any atom is -0.393 e. The average Bonchev–Trinajstić information content (AvgIpc) is 2.14. The summed E-state index contributed by atoms with van der Waals surface area (Å²) < 4.78 is 10.1. The second-order valence-corrected chi connectivity index (χ2v) is 3.66. The van der Waals surface area contributed by atoms with Gasteiger partial charge in [-0.15, -0.1) is 0 Å². The van der Waals surface area contributed by atoms with Crippen LogP contribution < -0.4 is 0 Å². The molecule has 0 aliphatic heterocycles. The predicted molar refractivity (Wildman–Crippen MR) is 57.7 cm³/mol. The molecule has 0 spiro atoms. The van der Waals surface area contributed by atoms with Crippen molar-refractivity contribution in [3.8, 4) is 0 Å². The Morgan fingerprint density at radius 1 is 1.36 bits per heavy atom. The molecule has 2 unspecified atom stereocenters. The molecule has 3 atom stereocenters. The summed E-state index contributed by atoms with van der Waals surface area (Å²) in [6.07, 6.45) is 0.147. The second kappa shape index (κ2) is 8.27. The van der Waals surface area contributed by atoms with E-state index in [0.29, 0.717) is 26.2 Å². The van der Waals surface area contributed by atoms with Crippen LogP contribution in [0, 0.1) is 5.92 Å². The lowest BCUT2D eigenvalue weighted by atomic mass is 9.81. The van der Waals surface area contributed by atoms with E-state index in [2.05, 4.69) is 0 Å². The Labute approximate surface area is 88.2 Å². The number of hydrogen-bond acceptors (Lipinski definition) is 3. The Hall–Kier alpha value is -0.0551. The van der Waals surface area contributed by atoms with Gasteiger partial charge in [0.2, 0.25) is 0 Å². The molecule has 0 aromatic rings. The Morgan fingerprint density at radius 3 is 2.50 bits per heavy atom. The number of ether oxygens (including phenoxy) is 2. The van der Waals surface area contributed by atoms with Gasteiger partial charge < -0.3 is 14.6 Å². The highest BCUT2D eigenvalue weighted by molar-refractivity contribution is 6.11. The molecule has 0 rings (SSSR count). The van der Waals surface area contributed by atoms with Crippen molar-refractivity contribution in [3.63, 3.8) is 0 Å². The third kappa shape index (κ3) is 6.41. The van der Waals surface area contributed by atoms with Crippen LogP contribution in [-0.2, 0) is 9.47 Å². The first-order valence-corrected chi connectivity index (χ1v) is 5.12. The summed E-state index contributed by atoms with van der Waals surface area (Å²) in [4.78, 5) is 0. The fourth-order valence-electron chi connectivity index (χ4n) is 1.24. The number of aliphatic hydroxyl groups excluding tert-OH is 1. The van der Waals surface area contributed by atoms with Gasteiger partial charge in [0, 0.05) is 26.2 Å². The molecular formula is C10H21BO3. The van der Waals surface area contributed by atoms with E-state index in [0.717, 1.165) is 0 Å². The summed E-state index contributed by atoms with van der Waals surface area (Å²) in [7, 11) is 7.33. The molecule has 14 heavy (non-hydrogen) atoms. The molecule has 4 heteroatoms. The fraction of sp³-hybridized carbons (Fsp3) is 1.00. The highest BCUT2D eigenvalue weighted by Gasteiger charge is 2.16. The standard InChI is InChI=1S/C10H21BO3/c1-4-14-6-8(2)10(12)5-9(11)7-13-3/h8-10,12H,4-7H2,1-3H3/t8?,9-,10?/m1/s1. The molecule has 1 N–H and O–H groups in total. The summed E-state index contributed by atoms with van der Waals surface area (Å²) in [5.41, 5.74) is 0. The molecule has 0 saturated carbocycles. The van der Waals surface area contributed by atoms with Gasteiger partial charge in [-0.2, -0.15) is 0 Å². The van der Waals surface area contributed by atoms with Crippen LogP contribution in [-0.4, -0.2) is 46.0 Å². The highest BCUT2D eigenvalue weighted by Crippen LogP contribution is 2.16. The van der Waals surface area contributed by atoms with Gasteiger partial charge in [-0.05, 0) is 13.3 Å². The van der Waals surface area contributed by atoms with Gasteiger partial charge in [-0.25, -0.2) is 0 Å². The Balaban J connectivity index is 3.64. The molecule has 0 heterocycles. The summed E-state index contributed by atoms with van der Waals surface area (Å²) >= 11 is 0. The van der Waals surface area contributed by atoms with E-state index >= 15 is 0 Å². The molecule has 0 fully saturated rings. The van der Waals surface area contributed by atoms with E-state index in [1.807, 2.05) is 13.8 Å². The monoisotopic (exact) mass is 200 g/mol. The van der Waals surface area contributed by atoms with Gasteiger partial charge in [-0.1, -0.05) is 12.7 Å². The summed E-state index contributed by atoms with van der Waals surface area (Å²) in [5.74, 6) is 0.0249. The predicted octanol–water partition coefficient (Wildman–Crippen LogP) is 1.01. The lowest BCUT2D eigenvalue weighted by Crippen LogP contribution is -2.24. The minimum absolute atomic E-state index is 0.0981. The number of hydrogen-bond donors (Lipinski definition) is 1. The first-order chi connectivity index (χ1) is 6.61. The topological polar surface area (TPSA) is 38.7 Å². The molecule has 2 radical (unpaired) electrons. The zero-order chi connectivity index (χ0) is 11.0. The lowest BCUT2D eigenvalue weighted by molar-refractivity contribution is 0.0319. The van der Waals surface area contributed by atoms with Gasteiger partial charge >= 0.3 is 0 Å². The summed E-state index contributed by atoms with van der Waals surface area (Å²) in [6, 6.07) is 0. The van der Waals surface area contributed by atoms with Crippen LogP contribution >= 0.6 is 0 Å². The molecule has 3 nitrogen and oxygen atoms in total. The van der Waals surface area contributed by atoms with Gasteiger partial charge in [0.25, 0.3) is 0 Å². The second-order valence-electron chi connectivity index (χ2n) is 3.66. The quantitative estimate of drug-likeness (QED) is 0.594. The van der Waals surface area contributed by atoms with E-state index < -0.39 is 6.10 Å². The Morgan fingerprint density at radius 2 is 2.00 bits per heavy atom. The van der Waals surface area contributed by atoms with Gasteiger partial charge in [-0.3, -0.25) is 0 Å². The molecule has 0 saturated heterocycles. The Bertz CT molecular complexity index is 133. The van der Waals surface area contributed by atoms with Crippen LogP contribution in [0.15, 0.2) is 0 Å². The minimum atomic E-state index is -0.410. The van der Waals surface area contributed by atoms with E-state index in [1.165, 1.54) is 0 Å². The lowest BCUT2D eigenvalue weighted by Gasteiger charge is -2.21. The Kier molecular flexibility index (Phi) is 8.24. The van der Waals surface area contributed by atoms with Crippen LogP contribution in [0.25, 0.3) is 0 Å². The van der Waals surface area contributed by atoms with Gasteiger partial charge in [0.05, 0.1) is 20.6 Å². The molecule has 82 valence electrons. The third-order valence-electron chi connectivity index (χ3n) is 2.17. The number of rotatable bonds is 8. The third-order valence-corrected chi connectivity index (χ3v) is 2.17. The maximum Gasteiger partial charge on any atom is 0.0732 e. The van der Waals surface area contributed by atoms with E-state index in [1.54, 1.807) is 7.11 Å². The van der Waals surface area contributed by atoms with E-state index in [4.69, 9.17) is 17.3 Å². The number of methoxy groups -OCH3 is 1. The van der Waals surface area contributed by atoms with Crippen LogP contribution in [0.5, 0.6) is 0 Å². The van der Waals surface area contributed by atoms with Crippen molar-refractivity contribution in [1.29, 1.82) is 0 Å². The SMILES string of the molecule is [B][C@@H](COC)CC(O)C(C)COCC. The van der Waals surface area contributed by atoms with Crippen molar-refractivity contribution in [3.05, 3.63) is 0 Å². The zero-order valence-corrected chi connectivity index (χ0v) is 9.40. The molecule has 0 bridgehead atoms.